The lowest BCUT2D eigenvalue weighted by Crippen LogP contribution is -2.44. The van der Waals surface area contributed by atoms with Crippen molar-refractivity contribution in [2.75, 3.05) is 26.4 Å². The summed E-state index contributed by atoms with van der Waals surface area (Å²) in [6, 6.07) is 12.8. The number of fused-ring (bicyclic) bond motifs is 1. The second-order valence-corrected chi connectivity index (χ2v) is 8.92. The van der Waals surface area contributed by atoms with E-state index in [2.05, 4.69) is 15.6 Å². The first-order valence-electron chi connectivity index (χ1n) is 10.5. The Balaban J connectivity index is 1.36. The molecule has 34 heavy (non-hydrogen) atoms. The van der Waals surface area contributed by atoms with E-state index in [0.29, 0.717) is 31.1 Å². The topological polar surface area (TPSA) is 156 Å². The molecule has 3 N–H and O–H groups in total. The molecule has 0 saturated heterocycles. The van der Waals surface area contributed by atoms with Crippen molar-refractivity contribution in [3.8, 4) is 23.3 Å². The van der Waals surface area contributed by atoms with Crippen LogP contribution in [0.4, 0.5) is 0 Å². The summed E-state index contributed by atoms with van der Waals surface area (Å²) in [5.41, 5.74) is 4.71. The molecule has 0 atom stereocenters. The van der Waals surface area contributed by atoms with Crippen LogP contribution in [0.3, 0.4) is 0 Å². The number of ether oxygens (including phenoxy) is 3. The molecular formula is C22H24N4O7S. The highest BCUT2D eigenvalue weighted by molar-refractivity contribution is 7.89. The number of nitrogens with one attached hydrogen (secondary N) is 3. The third-order valence-corrected chi connectivity index (χ3v) is 6.07. The highest BCUT2D eigenvalue weighted by Gasteiger charge is 2.18. The molecule has 0 spiro atoms. The van der Waals surface area contributed by atoms with E-state index in [1.54, 1.807) is 30.3 Å². The van der Waals surface area contributed by atoms with Crippen molar-refractivity contribution in [1.29, 1.82) is 5.26 Å². The number of nitriles is 1. The van der Waals surface area contributed by atoms with Crippen molar-refractivity contribution >= 4 is 21.8 Å². The number of amides is 2. The molecule has 0 unspecified atom stereocenters. The molecule has 3 rings (SSSR count). The Morgan fingerprint density at radius 2 is 1.76 bits per heavy atom. The van der Waals surface area contributed by atoms with E-state index in [9.17, 15) is 18.0 Å². The van der Waals surface area contributed by atoms with Crippen molar-refractivity contribution in [2.24, 2.45) is 0 Å². The average Bonchev–Trinajstić information content (AvgIpc) is 3.09. The molecular weight excluding hydrogens is 464 g/mol. The zero-order valence-corrected chi connectivity index (χ0v) is 19.0. The van der Waals surface area contributed by atoms with Crippen molar-refractivity contribution in [3.05, 3.63) is 48.0 Å². The number of hydrogen-bond donors (Lipinski definition) is 3. The van der Waals surface area contributed by atoms with Gasteiger partial charge in [0.15, 0.2) is 18.1 Å². The number of nitrogens with zero attached hydrogens (tertiary/aromatic N) is 1. The van der Waals surface area contributed by atoms with Gasteiger partial charge in [0, 0.05) is 25.5 Å². The molecule has 0 bridgehead atoms. The van der Waals surface area contributed by atoms with E-state index in [-0.39, 0.29) is 35.6 Å². The third-order valence-electron chi connectivity index (χ3n) is 4.61. The quantitative estimate of drug-likeness (QED) is 0.349. The van der Waals surface area contributed by atoms with Crippen LogP contribution >= 0.6 is 0 Å². The Hall–Kier alpha value is -3.82. The van der Waals surface area contributed by atoms with Gasteiger partial charge >= 0.3 is 0 Å². The molecule has 0 aliphatic carbocycles. The number of sulfonamides is 1. The van der Waals surface area contributed by atoms with Crippen LogP contribution in [0.1, 0.15) is 24.8 Å². The van der Waals surface area contributed by atoms with Gasteiger partial charge in [-0.1, -0.05) is 12.1 Å². The van der Waals surface area contributed by atoms with Crippen molar-refractivity contribution in [2.45, 2.75) is 24.2 Å². The molecule has 11 nitrogen and oxygen atoms in total. The van der Waals surface area contributed by atoms with Gasteiger partial charge in [-0.3, -0.25) is 20.4 Å². The normalized spacial score (nSPS) is 12.7. The van der Waals surface area contributed by atoms with Gasteiger partial charge < -0.3 is 14.2 Å². The van der Waals surface area contributed by atoms with Gasteiger partial charge in [-0.25, -0.2) is 13.1 Å². The van der Waals surface area contributed by atoms with Crippen molar-refractivity contribution in [1.82, 2.24) is 15.6 Å². The summed E-state index contributed by atoms with van der Waals surface area (Å²) in [6.45, 7) is 0.567. The first-order chi connectivity index (χ1) is 16.4. The predicted molar refractivity (Wildman–Crippen MR) is 119 cm³/mol. The minimum atomic E-state index is -3.80. The van der Waals surface area contributed by atoms with Crippen LogP contribution < -0.4 is 29.8 Å². The van der Waals surface area contributed by atoms with E-state index < -0.39 is 28.4 Å². The van der Waals surface area contributed by atoms with E-state index >= 15 is 0 Å². The largest absolute Gasteiger partial charge is 0.490 e. The predicted octanol–water partition coefficient (Wildman–Crippen LogP) is 1.00. The van der Waals surface area contributed by atoms with Gasteiger partial charge in [-0.05, 0) is 30.7 Å². The van der Waals surface area contributed by atoms with Crippen LogP contribution in [0.15, 0.2) is 47.4 Å². The number of para-hydroxylation sites is 1. The van der Waals surface area contributed by atoms with Crippen LogP contribution in [-0.2, 0) is 19.6 Å². The Bertz CT molecular complexity index is 1180. The summed E-state index contributed by atoms with van der Waals surface area (Å²) in [5, 5.41) is 8.99. The standard InChI is InChI=1S/C22H24N4O7S/c23-14-16-5-1-2-6-18(16)33-15-22(28)26-25-21(27)7-3-10-24-34(29,30)17-8-9-19-20(13-17)32-12-4-11-31-19/h1-2,5-6,8-9,13,24H,3-4,7,10-12,15H2,(H,25,27)(H,26,28). The first-order valence-corrected chi connectivity index (χ1v) is 12.0. The smallest absolute Gasteiger partial charge is 0.276 e. The first kappa shape index (κ1) is 24.8. The maximum absolute atomic E-state index is 12.5. The van der Waals surface area contributed by atoms with Crippen molar-refractivity contribution < 1.29 is 32.2 Å². The van der Waals surface area contributed by atoms with Gasteiger partial charge in [-0.15, -0.1) is 0 Å². The van der Waals surface area contributed by atoms with E-state index in [1.165, 1.54) is 12.1 Å². The zero-order chi connectivity index (χ0) is 24.4. The van der Waals surface area contributed by atoms with Gasteiger partial charge in [0.05, 0.1) is 23.7 Å². The van der Waals surface area contributed by atoms with Gasteiger partial charge in [-0.2, -0.15) is 5.26 Å². The molecule has 0 fully saturated rings. The monoisotopic (exact) mass is 488 g/mol. The lowest BCUT2D eigenvalue weighted by Gasteiger charge is -2.11. The SMILES string of the molecule is N#Cc1ccccc1OCC(=O)NNC(=O)CCCNS(=O)(=O)c1ccc2c(c1)OCCCO2. The van der Waals surface area contributed by atoms with Crippen LogP contribution in [-0.4, -0.2) is 46.6 Å². The Morgan fingerprint density at radius 1 is 1.03 bits per heavy atom. The maximum atomic E-state index is 12.5. The van der Waals surface area contributed by atoms with Gasteiger partial charge in [0.25, 0.3) is 5.91 Å². The van der Waals surface area contributed by atoms with E-state index in [4.69, 9.17) is 19.5 Å². The second-order valence-electron chi connectivity index (χ2n) is 7.15. The Morgan fingerprint density at radius 3 is 2.56 bits per heavy atom. The average molecular weight is 489 g/mol. The molecule has 1 aliphatic rings. The fourth-order valence-electron chi connectivity index (χ4n) is 2.92. The maximum Gasteiger partial charge on any atom is 0.276 e. The van der Waals surface area contributed by atoms with Crippen LogP contribution in [0, 0.1) is 11.3 Å². The highest BCUT2D eigenvalue weighted by atomic mass is 32.2. The highest BCUT2D eigenvalue weighted by Crippen LogP contribution is 2.31. The summed E-state index contributed by atoms with van der Waals surface area (Å²) in [6.07, 6.45) is 0.888. The fraction of sp³-hybridized carbons (Fsp3) is 0.318. The minimum Gasteiger partial charge on any atom is -0.490 e. The minimum absolute atomic E-state index is 0.0200. The fourth-order valence-corrected chi connectivity index (χ4v) is 4.00. The number of hydrogen-bond acceptors (Lipinski definition) is 8. The van der Waals surface area contributed by atoms with Crippen molar-refractivity contribution in [3.63, 3.8) is 0 Å². The summed E-state index contributed by atoms with van der Waals surface area (Å²) < 4.78 is 43.7. The Kier molecular flexibility index (Phi) is 8.66. The molecule has 0 aromatic heterocycles. The van der Waals surface area contributed by atoms with E-state index in [0.717, 1.165) is 0 Å². The summed E-state index contributed by atoms with van der Waals surface area (Å²) in [4.78, 5) is 23.7. The van der Waals surface area contributed by atoms with Gasteiger partial charge in [0.1, 0.15) is 11.8 Å². The molecule has 2 aromatic rings. The zero-order valence-electron chi connectivity index (χ0n) is 18.2. The Labute approximate surface area is 197 Å². The molecule has 0 saturated carbocycles. The number of carbonyl (C=O) groups is 2. The lowest BCUT2D eigenvalue weighted by atomic mass is 10.2. The number of carbonyl (C=O) groups excluding carboxylic acids is 2. The molecule has 0 radical (unpaired) electrons. The van der Waals surface area contributed by atoms with Crippen LogP contribution in [0.2, 0.25) is 0 Å². The second kappa shape index (κ2) is 11.9. The third kappa shape index (κ3) is 7.09. The molecule has 12 heteroatoms. The van der Waals surface area contributed by atoms with E-state index in [1.807, 2.05) is 6.07 Å². The van der Waals surface area contributed by atoms with Crippen LogP contribution in [0.5, 0.6) is 17.2 Å². The van der Waals surface area contributed by atoms with Gasteiger partial charge in [0.2, 0.25) is 15.9 Å². The molecule has 1 aliphatic heterocycles. The molecule has 2 aromatic carbocycles. The molecule has 1 heterocycles. The number of benzene rings is 2. The lowest BCUT2D eigenvalue weighted by molar-refractivity contribution is -0.130. The summed E-state index contributed by atoms with van der Waals surface area (Å²) in [7, 11) is -3.80. The molecule has 2 amide bonds. The van der Waals surface area contributed by atoms with Crippen LogP contribution in [0.25, 0.3) is 0 Å². The summed E-state index contributed by atoms with van der Waals surface area (Å²) >= 11 is 0. The molecule has 180 valence electrons. The number of rotatable bonds is 9. The number of hydrazine groups is 1. The summed E-state index contributed by atoms with van der Waals surface area (Å²) in [5.74, 6) is 0.00881.